The second kappa shape index (κ2) is 10.6. The number of nitro benzene ring substituents is 1. The monoisotopic (exact) mass is 564 g/mol. The number of fused-ring (bicyclic) bond motifs is 1. The summed E-state index contributed by atoms with van der Waals surface area (Å²) in [6, 6.07) is 15.1. The third-order valence-electron chi connectivity index (χ3n) is 6.33. The van der Waals surface area contributed by atoms with Gasteiger partial charge in [0.2, 0.25) is 0 Å². The number of carbonyl (C=O) groups excluding carboxylic acids is 2. The van der Waals surface area contributed by atoms with Gasteiger partial charge in [0.05, 0.1) is 22.1 Å². The predicted molar refractivity (Wildman–Crippen MR) is 149 cm³/mol. The Labute approximate surface area is 231 Å². The average Bonchev–Trinajstić information content (AvgIpc) is 3.23. The second-order valence-corrected chi connectivity index (χ2v) is 11.9. The molecule has 0 radical (unpaired) electrons. The lowest BCUT2D eigenvalue weighted by Gasteiger charge is -2.24. The molecule has 0 saturated heterocycles. The summed E-state index contributed by atoms with van der Waals surface area (Å²) in [6.45, 7) is 9.33. The maximum atomic E-state index is 14.0. The number of anilines is 1. The van der Waals surface area contributed by atoms with Crippen LogP contribution < -0.4 is 4.31 Å². The molecule has 0 aliphatic carbocycles. The highest BCUT2D eigenvalue weighted by Gasteiger charge is 2.33. The zero-order chi connectivity index (χ0) is 29.4. The molecule has 0 unspecified atom stereocenters. The lowest BCUT2D eigenvalue weighted by atomic mass is 9.87. The summed E-state index contributed by atoms with van der Waals surface area (Å²) in [5, 5.41) is 11.4. The molecule has 11 heteroatoms. The molecule has 10 nitrogen and oxygen atoms in total. The van der Waals surface area contributed by atoms with E-state index in [0.717, 1.165) is 17.7 Å². The van der Waals surface area contributed by atoms with E-state index in [4.69, 9.17) is 9.15 Å². The summed E-state index contributed by atoms with van der Waals surface area (Å²) in [4.78, 5) is 36.8. The van der Waals surface area contributed by atoms with Crippen LogP contribution in [0.4, 0.5) is 11.4 Å². The quantitative estimate of drug-likeness (QED) is 0.148. The van der Waals surface area contributed by atoms with E-state index in [2.05, 4.69) is 0 Å². The third kappa shape index (κ3) is 5.32. The molecule has 0 aliphatic heterocycles. The van der Waals surface area contributed by atoms with Crippen LogP contribution in [0, 0.1) is 17.0 Å². The Balaban J connectivity index is 1.91. The van der Waals surface area contributed by atoms with Crippen molar-refractivity contribution in [3.8, 4) is 0 Å². The van der Waals surface area contributed by atoms with Crippen LogP contribution >= 0.6 is 0 Å². The summed E-state index contributed by atoms with van der Waals surface area (Å²) in [5.74, 6) is -1.31. The van der Waals surface area contributed by atoms with Crippen molar-refractivity contribution in [3.63, 3.8) is 0 Å². The normalized spacial score (nSPS) is 11.8. The summed E-state index contributed by atoms with van der Waals surface area (Å²) in [5.41, 5.74) is 0.695. The van der Waals surface area contributed by atoms with Gasteiger partial charge in [0, 0.05) is 23.1 Å². The molecule has 4 aromatic rings. The Hall–Kier alpha value is -4.51. The Bertz CT molecular complexity index is 1710. The fraction of sp³-hybridized carbons (Fsp3) is 0.241. The largest absolute Gasteiger partial charge is 0.462 e. The zero-order valence-electron chi connectivity index (χ0n) is 22.6. The van der Waals surface area contributed by atoms with Crippen LogP contribution in [0.5, 0.6) is 0 Å². The molecule has 1 aromatic heterocycles. The number of rotatable bonds is 7. The molecule has 0 spiro atoms. The fourth-order valence-corrected chi connectivity index (χ4v) is 5.64. The number of carbonyl (C=O) groups is 2. The molecular formula is C29H28N2O8S. The Kier molecular flexibility index (Phi) is 7.53. The number of nitrogens with zero attached hydrogens (tertiary/aromatic N) is 2. The molecule has 0 bridgehead atoms. The van der Waals surface area contributed by atoms with Crippen molar-refractivity contribution in [2.45, 2.75) is 44.9 Å². The molecule has 0 N–H and O–H groups in total. The van der Waals surface area contributed by atoms with Gasteiger partial charge in [-0.1, -0.05) is 32.9 Å². The molecule has 0 atom stereocenters. The standard InChI is InChI=1S/C29H28N2O8S/c1-6-38-28(33)26-18(2)39-25-16-13-22(17-24(25)26)30(27(32)19-7-11-21(12-8-19)31(34)35)40(36,37)23-14-9-20(10-15-23)29(3,4)5/h7-17H,6H2,1-5H3. The van der Waals surface area contributed by atoms with Gasteiger partial charge in [0.1, 0.15) is 16.9 Å². The SMILES string of the molecule is CCOC(=O)c1c(C)oc2ccc(N(C(=O)c3ccc([N+](=O)[O-])cc3)S(=O)(=O)c3ccc(C(C)(C)C)cc3)cc12. The van der Waals surface area contributed by atoms with Gasteiger partial charge in [0.15, 0.2) is 0 Å². The van der Waals surface area contributed by atoms with E-state index in [1.807, 2.05) is 20.8 Å². The van der Waals surface area contributed by atoms with Crippen LogP contribution in [-0.2, 0) is 20.2 Å². The van der Waals surface area contributed by atoms with Crippen molar-refractivity contribution in [2.24, 2.45) is 0 Å². The Morgan fingerprint density at radius 1 is 1.00 bits per heavy atom. The van der Waals surface area contributed by atoms with Crippen LogP contribution in [-0.4, -0.2) is 31.8 Å². The number of benzene rings is 3. The topological polar surface area (TPSA) is 137 Å². The third-order valence-corrected chi connectivity index (χ3v) is 8.05. The van der Waals surface area contributed by atoms with Crippen LogP contribution in [0.15, 0.2) is 76.0 Å². The van der Waals surface area contributed by atoms with E-state index >= 15 is 0 Å². The van der Waals surface area contributed by atoms with Gasteiger partial charge in [-0.15, -0.1) is 0 Å². The number of esters is 1. The molecule has 40 heavy (non-hydrogen) atoms. The van der Waals surface area contributed by atoms with E-state index in [1.54, 1.807) is 26.0 Å². The average molecular weight is 565 g/mol. The Morgan fingerprint density at radius 3 is 2.17 bits per heavy atom. The molecule has 1 heterocycles. The molecular weight excluding hydrogens is 536 g/mol. The van der Waals surface area contributed by atoms with Crippen molar-refractivity contribution >= 4 is 44.2 Å². The highest BCUT2D eigenvalue weighted by atomic mass is 32.2. The minimum absolute atomic E-state index is 0.0536. The van der Waals surface area contributed by atoms with Crippen molar-refractivity contribution in [2.75, 3.05) is 10.9 Å². The number of sulfonamides is 1. The second-order valence-electron chi connectivity index (χ2n) is 10.1. The summed E-state index contributed by atoms with van der Waals surface area (Å²) in [7, 11) is -4.49. The van der Waals surface area contributed by atoms with E-state index in [1.165, 1.54) is 42.5 Å². The van der Waals surface area contributed by atoms with E-state index in [0.29, 0.717) is 9.89 Å². The number of ether oxygens (including phenoxy) is 1. The molecule has 3 aromatic carbocycles. The van der Waals surface area contributed by atoms with Crippen molar-refractivity contribution in [3.05, 3.63) is 99.3 Å². The number of aryl methyl sites for hydroxylation is 1. The van der Waals surface area contributed by atoms with Gasteiger partial charge in [0.25, 0.3) is 21.6 Å². The smallest absolute Gasteiger partial charge is 0.342 e. The molecule has 1 amide bonds. The molecule has 4 rings (SSSR count). The number of nitro groups is 1. The van der Waals surface area contributed by atoms with Gasteiger partial charge < -0.3 is 9.15 Å². The van der Waals surface area contributed by atoms with E-state index in [9.17, 15) is 28.1 Å². The number of furan rings is 1. The first-order valence-electron chi connectivity index (χ1n) is 12.4. The summed E-state index contributed by atoms with van der Waals surface area (Å²) in [6.07, 6.45) is 0. The number of non-ortho nitro benzene ring substituents is 1. The Morgan fingerprint density at radius 2 is 1.62 bits per heavy atom. The van der Waals surface area contributed by atoms with Crippen LogP contribution in [0.3, 0.4) is 0 Å². The van der Waals surface area contributed by atoms with Crippen LogP contribution in [0.2, 0.25) is 0 Å². The minimum atomic E-state index is -4.49. The van der Waals surface area contributed by atoms with Gasteiger partial charge in [-0.25, -0.2) is 13.2 Å². The summed E-state index contributed by atoms with van der Waals surface area (Å²) < 4.78 is 39.5. The minimum Gasteiger partial charge on any atom is -0.462 e. The maximum absolute atomic E-state index is 14.0. The predicted octanol–water partition coefficient (Wildman–Crippen LogP) is 6.16. The first-order valence-corrected chi connectivity index (χ1v) is 13.8. The van der Waals surface area contributed by atoms with Gasteiger partial charge in [-0.2, -0.15) is 4.31 Å². The first kappa shape index (κ1) is 28.5. The number of hydrogen-bond acceptors (Lipinski definition) is 8. The van der Waals surface area contributed by atoms with Crippen LogP contribution in [0.1, 0.15) is 59.7 Å². The summed E-state index contributed by atoms with van der Waals surface area (Å²) >= 11 is 0. The number of hydrogen-bond donors (Lipinski definition) is 0. The first-order chi connectivity index (χ1) is 18.8. The van der Waals surface area contributed by atoms with Crippen LogP contribution in [0.25, 0.3) is 11.0 Å². The van der Waals surface area contributed by atoms with Crippen molar-refractivity contribution in [1.82, 2.24) is 0 Å². The van der Waals surface area contributed by atoms with Gasteiger partial charge in [-0.05, 0) is 67.3 Å². The van der Waals surface area contributed by atoms with Gasteiger partial charge >= 0.3 is 5.97 Å². The lowest BCUT2D eigenvalue weighted by Crippen LogP contribution is -2.37. The zero-order valence-corrected chi connectivity index (χ0v) is 23.4. The maximum Gasteiger partial charge on any atom is 0.342 e. The molecule has 208 valence electrons. The molecule has 0 fully saturated rings. The van der Waals surface area contributed by atoms with Crippen molar-refractivity contribution in [1.29, 1.82) is 0 Å². The van der Waals surface area contributed by atoms with Crippen molar-refractivity contribution < 1.29 is 32.1 Å². The van der Waals surface area contributed by atoms with E-state index in [-0.39, 0.29) is 50.6 Å². The lowest BCUT2D eigenvalue weighted by molar-refractivity contribution is -0.384. The highest BCUT2D eigenvalue weighted by molar-refractivity contribution is 7.93. The van der Waals surface area contributed by atoms with E-state index < -0.39 is 26.8 Å². The highest BCUT2D eigenvalue weighted by Crippen LogP contribution is 2.34. The molecule has 0 saturated carbocycles. The molecule has 0 aliphatic rings. The number of amides is 1. The fourth-order valence-electron chi connectivity index (χ4n) is 4.23. The van der Waals surface area contributed by atoms with Gasteiger partial charge in [-0.3, -0.25) is 14.9 Å².